The van der Waals surface area contributed by atoms with Crippen LogP contribution in [0.5, 0.6) is 0 Å². The van der Waals surface area contributed by atoms with Gasteiger partial charge in [0, 0.05) is 5.69 Å². The molecule has 0 saturated carbocycles. The lowest BCUT2D eigenvalue weighted by Crippen LogP contribution is -2.38. The van der Waals surface area contributed by atoms with Crippen molar-refractivity contribution in [1.29, 1.82) is 0 Å². The molecule has 0 bridgehead atoms. The van der Waals surface area contributed by atoms with Gasteiger partial charge in [0.25, 0.3) is 10.0 Å². The molecule has 1 amide bonds. The fourth-order valence-electron chi connectivity index (χ4n) is 3.33. The van der Waals surface area contributed by atoms with Crippen molar-refractivity contribution in [2.24, 2.45) is 0 Å². The fraction of sp³-hybridized carbons (Fsp3) is 0.208. The molecule has 5 nitrogen and oxygen atoms in total. The molecule has 0 saturated heterocycles. The lowest BCUT2D eigenvalue weighted by Gasteiger charge is -2.26. The number of carbonyl (C=O) groups excluding carboxylic acids is 1. The summed E-state index contributed by atoms with van der Waals surface area (Å²) in [5.41, 5.74) is 1.73. The van der Waals surface area contributed by atoms with E-state index in [9.17, 15) is 26.4 Å². The molecule has 0 aliphatic carbocycles. The molecule has 0 aromatic heterocycles. The summed E-state index contributed by atoms with van der Waals surface area (Å²) in [7, 11) is -4.13. The molecule has 33 heavy (non-hydrogen) atoms. The van der Waals surface area contributed by atoms with Gasteiger partial charge in [-0.3, -0.25) is 9.10 Å². The topological polar surface area (TPSA) is 66.5 Å². The Hall–Kier alpha value is -3.33. The summed E-state index contributed by atoms with van der Waals surface area (Å²) in [5.74, 6) is -0.773. The number of nitrogens with one attached hydrogen (secondary N) is 1. The van der Waals surface area contributed by atoms with Crippen LogP contribution in [0.1, 0.15) is 22.3 Å². The van der Waals surface area contributed by atoms with Gasteiger partial charge in [-0.05, 0) is 62.7 Å². The van der Waals surface area contributed by atoms with Crippen molar-refractivity contribution in [3.63, 3.8) is 0 Å². The van der Waals surface area contributed by atoms with Gasteiger partial charge >= 0.3 is 6.18 Å². The molecule has 0 fully saturated rings. The number of benzene rings is 3. The van der Waals surface area contributed by atoms with Crippen molar-refractivity contribution in [2.75, 3.05) is 16.2 Å². The standard InChI is InChI=1S/C24H23F3N2O3S/c1-16-7-10-21(11-8-16)33(31,32)29(22-12-9-17(2)13-18(22)3)15-23(30)28-20-6-4-5-19(14-20)24(25,26)27/h4-14H,15H2,1-3H3,(H,28,30). The Bertz CT molecular complexity index is 1270. The number of nitrogens with zero attached hydrogens (tertiary/aromatic N) is 1. The highest BCUT2D eigenvalue weighted by molar-refractivity contribution is 7.92. The number of carbonyl (C=O) groups is 1. The minimum absolute atomic E-state index is 0.0000521. The molecule has 0 aliphatic heterocycles. The van der Waals surface area contributed by atoms with Crippen LogP contribution < -0.4 is 9.62 Å². The number of anilines is 2. The van der Waals surface area contributed by atoms with Crippen molar-refractivity contribution in [3.8, 4) is 0 Å². The summed E-state index contributed by atoms with van der Waals surface area (Å²) in [6, 6.07) is 15.5. The number of sulfonamides is 1. The molecule has 0 spiro atoms. The van der Waals surface area contributed by atoms with Crippen LogP contribution in [0.15, 0.2) is 71.6 Å². The predicted molar refractivity (Wildman–Crippen MR) is 122 cm³/mol. The van der Waals surface area contributed by atoms with E-state index in [4.69, 9.17) is 0 Å². The molecule has 1 N–H and O–H groups in total. The van der Waals surface area contributed by atoms with Gasteiger partial charge in [0.15, 0.2) is 0 Å². The molecule has 0 atom stereocenters. The Morgan fingerprint density at radius 1 is 0.909 bits per heavy atom. The summed E-state index contributed by atoms with van der Waals surface area (Å²) >= 11 is 0. The maximum atomic E-state index is 13.5. The fourth-order valence-corrected chi connectivity index (χ4v) is 4.81. The van der Waals surface area contributed by atoms with Crippen molar-refractivity contribution in [3.05, 3.63) is 89.0 Å². The molecule has 0 aliphatic rings. The second kappa shape index (κ2) is 9.27. The number of aryl methyl sites for hydroxylation is 3. The van der Waals surface area contributed by atoms with Crippen LogP contribution in [0.25, 0.3) is 0 Å². The quantitative estimate of drug-likeness (QED) is 0.514. The number of hydrogen-bond acceptors (Lipinski definition) is 3. The molecule has 0 unspecified atom stereocenters. The second-order valence-corrected chi connectivity index (χ2v) is 9.60. The van der Waals surface area contributed by atoms with E-state index < -0.39 is 34.2 Å². The molecule has 9 heteroatoms. The van der Waals surface area contributed by atoms with Gasteiger partial charge in [-0.15, -0.1) is 0 Å². The van der Waals surface area contributed by atoms with Crippen molar-refractivity contribution in [2.45, 2.75) is 31.8 Å². The third kappa shape index (κ3) is 5.73. The summed E-state index contributed by atoms with van der Waals surface area (Å²) < 4.78 is 66.8. The second-order valence-electron chi connectivity index (χ2n) is 7.74. The van der Waals surface area contributed by atoms with Crippen LogP contribution >= 0.6 is 0 Å². The highest BCUT2D eigenvalue weighted by atomic mass is 32.2. The van der Waals surface area contributed by atoms with E-state index in [1.165, 1.54) is 24.3 Å². The minimum atomic E-state index is -4.57. The van der Waals surface area contributed by atoms with E-state index in [2.05, 4.69) is 5.32 Å². The first-order chi connectivity index (χ1) is 15.4. The van der Waals surface area contributed by atoms with E-state index >= 15 is 0 Å². The Morgan fingerprint density at radius 2 is 1.55 bits per heavy atom. The van der Waals surface area contributed by atoms with Gasteiger partial charge in [-0.1, -0.05) is 41.5 Å². The van der Waals surface area contributed by atoms with Gasteiger partial charge < -0.3 is 5.32 Å². The van der Waals surface area contributed by atoms with Crippen molar-refractivity contribution < 1.29 is 26.4 Å². The average molecular weight is 477 g/mol. The zero-order chi connectivity index (χ0) is 24.4. The highest BCUT2D eigenvalue weighted by Crippen LogP contribution is 2.31. The number of hydrogen-bond donors (Lipinski definition) is 1. The van der Waals surface area contributed by atoms with Crippen LogP contribution in [-0.2, 0) is 21.0 Å². The van der Waals surface area contributed by atoms with Gasteiger partial charge in [-0.25, -0.2) is 8.42 Å². The number of amides is 1. The SMILES string of the molecule is Cc1ccc(S(=O)(=O)N(CC(=O)Nc2cccc(C(F)(F)F)c2)c2ccc(C)cc2C)cc1. The first kappa shape index (κ1) is 24.3. The maximum absolute atomic E-state index is 13.5. The molecule has 0 heterocycles. The summed E-state index contributed by atoms with van der Waals surface area (Å²) in [4.78, 5) is 12.8. The predicted octanol–water partition coefficient (Wildman–Crippen LogP) is 5.46. The number of rotatable bonds is 6. The zero-order valence-electron chi connectivity index (χ0n) is 18.3. The molecule has 3 aromatic carbocycles. The third-order valence-electron chi connectivity index (χ3n) is 4.99. The van der Waals surface area contributed by atoms with Crippen LogP contribution in [-0.4, -0.2) is 20.9 Å². The number of halogens is 3. The molecule has 174 valence electrons. The summed E-state index contributed by atoms with van der Waals surface area (Å²) in [6.07, 6.45) is -4.57. The van der Waals surface area contributed by atoms with Gasteiger partial charge in [0.1, 0.15) is 6.54 Å². The van der Waals surface area contributed by atoms with E-state index in [-0.39, 0.29) is 10.6 Å². The van der Waals surface area contributed by atoms with Crippen LogP contribution in [0.2, 0.25) is 0 Å². The molecule has 0 radical (unpaired) electrons. The van der Waals surface area contributed by atoms with E-state index in [0.717, 1.165) is 27.6 Å². The zero-order valence-corrected chi connectivity index (χ0v) is 19.1. The normalized spacial score (nSPS) is 11.8. The average Bonchev–Trinajstić information content (AvgIpc) is 2.72. The molecular weight excluding hydrogens is 453 g/mol. The summed E-state index contributed by atoms with van der Waals surface area (Å²) in [5, 5.41) is 2.37. The van der Waals surface area contributed by atoms with E-state index in [0.29, 0.717) is 11.3 Å². The Balaban J connectivity index is 1.97. The van der Waals surface area contributed by atoms with Gasteiger partial charge in [0.2, 0.25) is 5.91 Å². The van der Waals surface area contributed by atoms with Crippen molar-refractivity contribution in [1.82, 2.24) is 0 Å². The van der Waals surface area contributed by atoms with Crippen LogP contribution in [0.3, 0.4) is 0 Å². The Labute approximate surface area is 190 Å². The maximum Gasteiger partial charge on any atom is 0.416 e. The minimum Gasteiger partial charge on any atom is -0.325 e. The lowest BCUT2D eigenvalue weighted by molar-refractivity contribution is -0.137. The highest BCUT2D eigenvalue weighted by Gasteiger charge is 2.31. The van der Waals surface area contributed by atoms with E-state index in [1.807, 2.05) is 13.8 Å². The summed E-state index contributed by atoms with van der Waals surface area (Å²) in [6.45, 7) is 4.79. The van der Waals surface area contributed by atoms with Crippen molar-refractivity contribution >= 4 is 27.3 Å². The first-order valence-corrected chi connectivity index (χ1v) is 11.5. The van der Waals surface area contributed by atoms with Crippen LogP contribution in [0.4, 0.5) is 24.5 Å². The number of alkyl halides is 3. The smallest absolute Gasteiger partial charge is 0.325 e. The largest absolute Gasteiger partial charge is 0.416 e. The Morgan fingerprint density at radius 3 is 2.15 bits per heavy atom. The van der Waals surface area contributed by atoms with Gasteiger partial charge in [0.05, 0.1) is 16.1 Å². The lowest BCUT2D eigenvalue weighted by atomic mass is 10.1. The molecule has 3 rings (SSSR count). The van der Waals surface area contributed by atoms with Gasteiger partial charge in [-0.2, -0.15) is 13.2 Å². The van der Waals surface area contributed by atoms with E-state index in [1.54, 1.807) is 37.3 Å². The molecule has 3 aromatic rings. The monoisotopic (exact) mass is 476 g/mol. The molecular formula is C24H23F3N2O3S. The third-order valence-corrected chi connectivity index (χ3v) is 6.76. The van der Waals surface area contributed by atoms with Crippen LogP contribution in [0, 0.1) is 20.8 Å². The Kier molecular flexibility index (Phi) is 6.83. The first-order valence-electron chi connectivity index (χ1n) is 10.0.